The van der Waals surface area contributed by atoms with Crippen molar-refractivity contribution < 1.29 is 18.7 Å². The van der Waals surface area contributed by atoms with Crippen LogP contribution in [-0.4, -0.2) is 11.1 Å². The molecule has 0 saturated heterocycles. The van der Waals surface area contributed by atoms with E-state index in [9.17, 15) is 18.8 Å². The number of rotatable bonds is 6. The van der Waals surface area contributed by atoms with Gasteiger partial charge in [0, 0.05) is 17.2 Å². The molecule has 1 saturated carbocycles. The van der Waals surface area contributed by atoms with Crippen LogP contribution >= 0.6 is 11.6 Å². The Balaban J connectivity index is 1.81. The maximum Gasteiger partial charge on any atom is 0.328 e. The molecule has 3 aromatic carbocycles. The first kappa shape index (κ1) is 24.7. The molecule has 1 unspecified atom stereocenters. The molecule has 0 radical (unpaired) electrons. The molecular formula is C29H22ClF2N3O2. The monoisotopic (exact) mass is 517 g/mol. The van der Waals surface area contributed by atoms with E-state index in [1.165, 1.54) is 18.2 Å². The number of carbonyl (C=O) groups is 1. The average Bonchev–Trinajstić information content (AvgIpc) is 3.23. The van der Waals surface area contributed by atoms with Gasteiger partial charge in [0.05, 0.1) is 16.3 Å². The number of nitrogens with one attached hydrogen (secondary N) is 2. The van der Waals surface area contributed by atoms with Crippen molar-refractivity contribution in [2.75, 3.05) is 5.43 Å². The van der Waals surface area contributed by atoms with Crippen molar-refractivity contribution >= 4 is 40.5 Å². The molecule has 3 N–H and O–H groups in total. The van der Waals surface area contributed by atoms with Crippen LogP contribution < -0.4 is 10.9 Å². The molecule has 1 fully saturated rings. The van der Waals surface area contributed by atoms with Crippen LogP contribution in [0.5, 0.6) is 0 Å². The van der Waals surface area contributed by atoms with Crippen LogP contribution in [-0.2, 0) is 4.79 Å². The van der Waals surface area contributed by atoms with Gasteiger partial charge in [-0.05, 0) is 70.9 Å². The number of alkyl halides is 1. The van der Waals surface area contributed by atoms with Gasteiger partial charge >= 0.3 is 5.97 Å². The van der Waals surface area contributed by atoms with Crippen molar-refractivity contribution in [3.63, 3.8) is 0 Å². The molecular weight excluding hydrogens is 496 g/mol. The topological polar surface area (TPSA) is 85.2 Å². The Bertz CT molecular complexity index is 1490. The molecule has 0 bridgehead atoms. The van der Waals surface area contributed by atoms with Crippen molar-refractivity contribution in [2.45, 2.75) is 25.6 Å². The Hall–Kier alpha value is -3.99. The zero-order valence-corrected chi connectivity index (χ0v) is 20.3. The van der Waals surface area contributed by atoms with Gasteiger partial charge < -0.3 is 10.5 Å². The van der Waals surface area contributed by atoms with Crippen molar-refractivity contribution in [2.24, 2.45) is 5.92 Å². The highest BCUT2D eigenvalue weighted by Gasteiger charge is 2.32. The van der Waals surface area contributed by atoms with Crippen LogP contribution in [0.4, 0.5) is 14.5 Å². The van der Waals surface area contributed by atoms with Crippen molar-refractivity contribution in [1.29, 1.82) is 5.26 Å². The Labute approximate surface area is 217 Å². The molecule has 1 aliphatic carbocycles. The number of hydrogen-bond donors (Lipinski definition) is 3. The molecule has 1 atom stereocenters. The van der Waals surface area contributed by atoms with Crippen molar-refractivity contribution in [3.8, 4) is 6.07 Å². The number of anilines is 1. The van der Waals surface area contributed by atoms with E-state index in [1.54, 1.807) is 30.3 Å². The normalized spacial score (nSPS) is 17.5. The first-order valence-electron chi connectivity index (χ1n) is 11.8. The van der Waals surface area contributed by atoms with Gasteiger partial charge in [-0.15, -0.1) is 0 Å². The number of fused-ring (bicyclic) bond motifs is 1. The molecule has 37 heavy (non-hydrogen) atoms. The summed E-state index contributed by atoms with van der Waals surface area (Å²) < 4.78 is 28.8. The van der Waals surface area contributed by atoms with Gasteiger partial charge in [-0.2, -0.15) is 5.26 Å². The minimum absolute atomic E-state index is 0.113. The Kier molecular flexibility index (Phi) is 6.79. The molecule has 186 valence electrons. The van der Waals surface area contributed by atoms with E-state index in [4.69, 9.17) is 16.7 Å². The minimum Gasteiger partial charge on any atom is -0.478 e. The smallest absolute Gasteiger partial charge is 0.328 e. The number of halogens is 3. The number of carboxylic acids is 1. The second-order valence-electron chi connectivity index (χ2n) is 9.03. The van der Waals surface area contributed by atoms with Gasteiger partial charge in [0.15, 0.2) is 6.30 Å². The molecule has 5 rings (SSSR count). The predicted octanol–water partition coefficient (Wildman–Crippen LogP) is 7.11. The molecule has 8 heteroatoms. The maximum absolute atomic E-state index is 14.8. The quantitative estimate of drug-likeness (QED) is 0.184. The highest BCUT2D eigenvalue weighted by Crippen LogP contribution is 2.48. The third-order valence-electron chi connectivity index (χ3n) is 6.84. The van der Waals surface area contributed by atoms with E-state index in [-0.39, 0.29) is 22.1 Å². The molecule has 1 heterocycles. The summed E-state index contributed by atoms with van der Waals surface area (Å²) in [6, 6.07) is 17.2. The summed E-state index contributed by atoms with van der Waals surface area (Å²) >= 11 is 6.57. The van der Waals surface area contributed by atoms with Crippen molar-refractivity contribution in [1.82, 2.24) is 5.43 Å². The SMILES string of the molecule is N#Cc1c(/C(=C(/c2ccc(F)cc2Cl)C2CCC2)c2ccc(/C=C/C(=O)O)cc2)ccc2c1C(F)NN2. The lowest BCUT2D eigenvalue weighted by Gasteiger charge is -2.32. The second-order valence-corrected chi connectivity index (χ2v) is 9.43. The lowest BCUT2D eigenvalue weighted by Crippen LogP contribution is -2.16. The van der Waals surface area contributed by atoms with E-state index in [0.717, 1.165) is 36.5 Å². The summed E-state index contributed by atoms with van der Waals surface area (Å²) in [4.78, 5) is 10.9. The maximum atomic E-state index is 14.8. The van der Waals surface area contributed by atoms with Crippen LogP contribution in [0.3, 0.4) is 0 Å². The third kappa shape index (κ3) is 4.74. The molecule has 3 aromatic rings. The lowest BCUT2D eigenvalue weighted by atomic mass is 9.72. The highest BCUT2D eigenvalue weighted by molar-refractivity contribution is 6.32. The second kappa shape index (κ2) is 10.2. The molecule has 2 aliphatic rings. The van der Waals surface area contributed by atoms with Crippen LogP contribution in [0, 0.1) is 23.1 Å². The van der Waals surface area contributed by atoms with E-state index >= 15 is 0 Å². The van der Waals surface area contributed by atoms with Crippen LogP contribution in [0.2, 0.25) is 5.02 Å². The average molecular weight is 518 g/mol. The molecule has 0 aromatic heterocycles. The fourth-order valence-corrected chi connectivity index (χ4v) is 5.15. The lowest BCUT2D eigenvalue weighted by molar-refractivity contribution is -0.131. The Morgan fingerprint density at radius 1 is 1.11 bits per heavy atom. The van der Waals surface area contributed by atoms with Gasteiger partial charge in [-0.3, -0.25) is 0 Å². The fraction of sp³-hybridized carbons (Fsp3) is 0.172. The highest BCUT2D eigenvalue weighted by atomic mass is 35.5. The summed E-state index contributed by atoms with van der Waals surface area (Å²) in [5.41, 5.74) is 10.4. The van der Waals surface area contributed by atoms with Crippen LogP contribution in [0.15, 0.2) is 60.7 Å². The summed E-state index contributed by atoms with van der Waals surface area (Å²) in [5.74, 6) is -1.39. The molecule has 1 aliphatic heterocycles. The summed E-state index contributed by atoms with van der Waals surface area (Å²) in [7, 11) is 0. The summed E-state index contributed by atoms with van der Waals surface area (Å²) in [6.07, 6.45) is 3.80. The summed E-state index contributed by atoms with van der Waals surface area (Å²) in [5, 5.41) is 19.4. The van der Waals surface area contributed by atoms with Gasteiger partial charge in [0.25, 0.3) is 0 Å². The fourth-order valence-electron chi connectivity index (χ4n) is 4.88. The van der Waals surface area contributed by atoms with Gasteiger partial charge in [-0.25, -0.2) is 19.0 Å². The zero-order chi connectivity index (χ0) is 26.1. The predicted molar refractivity (Wildman–Crippen MR) is 140 cm³/mol. The zero-order valence-electron chi connectivity index (χ0n) is 19.6. The first-order valence-corrected chi connectivity index (χ1v) is 12.2. The molecule has 5 nitrogen and oxygen atoms in total. The number of benzene rings is 3. The van der Waals surface area contributed by atoms with E-state index in [2.05, 4.69) is 16.9 Å². The number of nitrogens with zero attached hydrogens (tertiary/aromatic N) is 1. The molecule has 0 amide bonds. The third-order valence-corrected chi connectivity index (χ3v) is 7.15. The Morgan fingerprint density at radius 3 is 2.46 bits per heavy atom. The number of allylic oxidation sites excluding steroid dienone is 1. The first-order chi connectivity index (χ1) is 17.9. The minimum atomic E-state index is -1.56. The van der Waals surface area contributed by atoms with Gasteiger partial charge in [0.2, 0.25) is 0 Å². The number of aliphatic carboxylic acids is 1. The van der Waals surface area contributed by atoms with Crippen LogP contribution in [0.25, 0.3) is 17.2 Å². The Morgan fingerprint density at radius 2 is 1.84 bits per heavy atom. The van der Waals surface area contributed by atoms with Crippen LogP contribution in [0.1, 0.15) is 58.9 Å². The number of hydrazine groups is 1. The summed E-state index contributed by atoms with van der Waals surface area (Å²) in [6.45, 7) is 0. The van der Waals surface area contributed by atoms with E-state index in [0.29, 0.717) is 28.0 Å². The van der Waals surface area contributed by atoms with Crippen molar-refractivity contribution in [3.05, 3.63) is 105 Å². The number of nitriles is 1. The van der Waals surface area contributed by atoms with E-state index in [1.807, 2.05) is 12.1 Å². The van der Waals surface area contributed by atoms with E-state index < -0.39 is 18.1 Å². The van der Waals surface area contributed by atoms with Gasteiger partial charge in [-0.1, -0.05) is 54.4 Å². The molecule has 0 spiro atoms. The number of hydrogen-bond acceptors (Lipinski definition) is 4. The largest absolute Gasteiger partial charge is 0.478 e. The standard InChI is InChI=1S/C29H22ClF2N3O2/c30-23-14-19(31)9-10-21(23)27(17-2-1-3-17)26(18-7-4-16(5-8-18)6-13-25(36)37)20-11-12-24-28(22(20)15-33)29(32)35-34-24/h4-14,17,29,34-35H,1-3H2,(H,36,37)/b13-6+,27-26+. The number of carboxylic acid groups (broad SMARTS) is 1. The van der Waals surface area contributed by atoms with Gasteiger partial charge in [0.1, 0.15) is 11.9 Å².